The van der Waals surface area contributed by atoms with Gasteiger partial charge in [-0.25, -0.2) is 0 Å². The van der Waals surface area contributed by atoms with E-state index in [2.05, 4.69) is 10.6 Å². The lowest BCUT2D eigenvalue weighted by atomic mass is 9.90. The van der Waals surface area contributed by atoms with E-state index >= 15 is 0 Å². The molecule has 0 saturated heterocycles. The number of benzene rings is 2. The summed E-state index contributed by atoms with van der Waals surface area (Å²) in [6.07, 6.45) is 0. The molecule has 0 heterocycles. The summed E-state index contributed by atoms with van der Waals surface area (Å²) in [5.74, 6) is -0.813. The maximum Gasteiger partial charge on any atom is 0.242 e. The van der Waals surface area contributed by atoms with Crippen LogP contribution in [0, 0.1) is 0 Å². The first-order valence-corrected chi connectivity index (χ1v) is 8.81. The second-order valence-corrected chi connectivity index (χ2v) is 6.58. The van der Waals surface area contributed by atoms with Crippen molar-refractivity contribution in [1.82, 2.24) is 15.5 Å². The average molecular weight is 353 g/mol. The minimum atomic E-state index is -0.598. The highest BCUT2D eigenvalue weighted by Crippen LogP contribution is 2.24. The largest absolute Gasteiger partial charge is 0.353 e. The van der Waals surface area contributed by atoms with E-state index in [1.807, 2.05) is 79.7 Å². The van der Waals surface area contributed by atoms with E-state index in [1.54, 1.807) is 6.92 Å². The van der Waals surface area contributed by atoms with E-state index < -0.39 is 12.0 Å². The van der Waals surface area contributed by atoms with Gasteiger partial charge in [0.25, 0.3) is 0 Å². The van der Waals surface area contributed by atoms with Crippen LogP contribution in [-0.4, -0.2) is 49.9 Å². The fourth-order valence-electron chi connectivity index (χ4n) is 2.70. The lowest BCUT2D eigenvalue weighted by Crippen LogP contribution is -2.47. The van der Waals surface area contributed by atoms with Crippen molar-refractivity contribution in [2.45, 2.75) is 18.9 Å². The monoisotopic (exact) mass is 353 g/mol. The molecule has 5 nitrogen and oxygen atoms in total. The topological polar surface area (TPSA) is 61.4 Å². The number of carbonyl (C=O) groups excluding carboxylic acids is 2. The number of carbonyl (C=O) groups is 2. The minimum Gasteiger partial charge on any atom is -0.353 e. The molecule has 2 rings (SSSR count). The Morgan fingerprint density at radius 3 is 1.85 bits per heavy atom. The van der Waals surface area contributed by atoms with E-state index in [1.165, 1.54) is 0 Å². The SMILES string of the molecule is C[C@H](NC(=O)C(c1ccccc1)c1ccccc1)C(=O)NCCN(C)C. The molecule has 0 bridgehead atoms. The highest BCUT2D eigenvalue weighted by Gasteiger charge is 2.25. The predicted molar refractivity (Wildman–Crippen MR) is 104 cm³/mol. The lowest BCUT2D eigenvalue weighted by molar-refractivity contribution is -0.128. The van der Waals surface area contributed by atoms with Crippen LogP contribution < -0.4 is 10.6 Å². The summed E-state index contributed by atoms with van der Waals surface area (Å²) in [6, 6.07) is 18.6. The number of likely N-dealkylation sites (N-methyl/N-ethyl adjacent to an activating group) is 1. The van der Waals surface area contributed by atoms with E-state index in [9.17, 15) is 9.59 Å². The lowest BCUT2D eigenvalue weighted by Gasteiger charge is -2.21. The molecule has 5 heteroatoms. The molecule has 2 aromatic carbocycles. The van der Waals surface area contributed by atoms with Gasteiger partial charge in [0.15, 0.2) is 0 Å². The molecule has 0 saturated carbocycles. The van der Waals surface area contributed by atoms with E-state index in [4.69, 9.17) is 0 Å². The highest BCUT2D eigenvalue weighted by molar-refractivity contribution is 5.92. The smallest absolute Gasteiger partial charge is 0.242 e. The highest BCUT2D eigenvalue weighted by atomic mass is 16.2. The summed E-state index contributed by atoms with van der Waals surface area (Å²) in [5, 5.41) is 5.69. The summed E-state index contributed by atoms with van der Waals surface area (Å²) >= 11 is 0. The normalized spacial score (nSPS) is 12.0. The molecule has 26 heavy (non-hydrogen) atoms. The zero-order valence-corrected chi connectivity index (χ0v) is 15.6. The Bertz CT molecular complexity index is 662. The maximum absolute atomic E-state index is 12.9. The molecule has 0 spiro atoms. The molecule has 2 amide bonds. The first-order chi connectivity index (χ1) is 12.5. The quantitative estimate of drug-likeness (QED) is 0.763. The second-order valence-electron chi connectivity index (χ2n) is 6.58. The molecule has 0 unspecified atom stereocenters. The van der Waals surface area contributed by atoms with Crippen molar-refractivity contribution in [1.29, 1.82) is 0 Å². The molecule has 0 aliphatic heterocycles. The van der Waals surface area contributed by atoms with Gasteiger partial charge in [-0.05, 0) is 32.1 Å². The van der Waals surface area contributed by atoms with Gasteiger partial charge in [0.2, 0.25) is 11.8 Å². The van der Waals surface area contributed by atoms with Gasteiger partial charge in [0.05, 0.1) is 5.92 Å². The number of nitrogens with one attached hydrogen (secondary N) is 2. The summed E-state index contributed by atoms with van der Waals surface area (Å²) in [4.78, 5) is 27.1. The van der Waals surface area contributed by atoms with E-state index in [0.29, 0.717) is 6.54 Å². The van der Waals surface area contributed by atoms with Gasteiger partial charge in [-0.2, -0.15) is 0 Å². The Morgan fingerprint density at radius 2 is 1.38 bits per heavy atom. The van der Waals surface area contributed by atoms with Crippen LogP contribution in [0.5, 0.6) is 0 Å². The number of amides is 2. The number of hydrogen-bond donors (Lipinski definition) is 2. The molecular formula is C21H27N3O2. The zero-order chi connectivity index (χ0) is 18.9. The summed E-state index contributed by atoms with van der Waals surface area (Å²) < 4.78 is 0. The van der Waals surface area contributed by atoms with Crippen LogP contribution in [0.15, 0.2) is 60.7 Å². The molecule has 1 atom stereocenters. The van der Waals surface area contributed by atoms with Crippen LogP contribution in [0.3, 0.4) is 0 Å². The van der Waals surface area contributed by atoms with Gasteiger partial charge >= 0.3 is 0 Å². The maximum atomic E-state index is 12.9. The molecular weight excluding hydrogens is 326 g/mol. The van der Waals surface area contributed by atoms with Crippen LogP contribution in [0.2, 0.25) is 0 Å². The van der Waals surface area contributed by atoms with E-state index in [-0.39, 0.29) is 11.8 Å². The van der Waals surface area contributed by atoms with Crippen LogP contribution in [0.1, 0.15) is 24.0 Å². The number of hydrogen-bond acceptors (Lipinski definition) is 3. The van der Waals surface area contributed by atoms with Crippen LogP contribution in [0.25, 0.3) is 0 Å². The fraction of sp³-hybridized carbons (Fsp3) is 0.333. The second kappa shape index (κ2) is 9.73. The van der Waals surface area contributed by atoms with Crippen molar-refractivity contribution in [3.05, 3.63) is 71.8 Å². The zero-order valence-electron chi connectivity index (χ0n) is 15.6. The third-order valence-electron chi connectivity index (χ3n) is 4.14. The van der Waals surface area contributed by atoms with Gasteiger partial charge in [0.1, 0.15) is 6.04 Å². The molecule has 2 aromatic rings. The van der Waals surface area contributed by atoms with Gasteiger partial charge in [-0.3, -0.25) is 9.59 Å². The summed E-state index contributed by atoms with van der Waals surface area (Å²) in [7, 11) is 3.89. The molecule has 0 aliphatic carbocycles. The number of rotatable bonds is 8. The minimum absolute atomic E-state index is 0.180. The van der Waals surface area contributed by atoms with E-state index in [0.717, 1.165) is 17.7 Å². The predicted octanol–water partition coefficient (Wildman–Crippen LogP) is 2.00. The van der Waals surface area contributed by atoms with Crippen molar-refractivity contribution >= 4 is 11.8 Å². The third kappa shape index (κ3) is 5.70. The van der Waals surface area contributed by atoms with Gasteiger partial charge in [0, 0.05) is 13.1 Å². The Morgan fingerprint density at radius 1 is 0.885 bits per heavy atom. The Labute approximate surface area is 155 Å². The molecule has 0 fully saturated rings. The van der Waals surface area contributed by atoms with Gasteiger partial charge in [-0.15, -0.1) is 0 Å². The van der Waals surface area contributed by atoms with Crippen molar-refractivity contribution in [2.75, 3.05) is 27.2 Å². The van der Waals surface area contributed by atoms with Crippen molar-refractivity contribution in [2.24, 2.45) is 0 Å². The fourth-order valence-corrected chi connectivity index (χ4v) is 2.70. The number of nitrogens with zero attached hydrogens (tertiary/aromatic N) is 1. The summed E-state index contributed by atoms with van der Waals surface area (Å²) in [6.45, 7) is 3.01. The van der Waals surface area contributed by atoms with Gasteiger partial charge in [-0.1, -0.05) is 60.7 Å². The molecule has 0 aromatic heterocycles. The Hall–Kier alpha value is -2.66. The van der Waals surface area contributed by atoms with Gasteiger partial charge < -0.3 is 15.5 Å². The van der Waals surface area contributed by atoms with Crippen molar-refractivity contribution < 1.29 is 9.59 Å². The van der Waals surface area contributed by atoms with Crippen LogP contribution in [0.4, 0.5) is 0 Å². The molecule has 0 aliphatic rings. The van der Waals surface area contributed by atoms with Crippen molar-refractivity contribution in [3.63, 3.8) is 0 Å². The standard InChI is InChI=1S/C21H27N3O2/c1-16(20(25)22-14-15-24(2)3)23-21(26)19(17-10-6-4-7-11-17)18-12-8-5-9-13-18/h4-13,16,19H,14-15H2,1-3H3,(H,22,25)(H,23,26)/t16-/m0/s1. The van der Waals surface area contributed by atoms with Crippen molar-refractivity contribution in [3.8, 4) is 0 Å². The summed E-state index contributed by atoms with van der Waals surface area (Å²) in [5.41, 5.74) is 1.80. The van der Waals surface area contributed by atoms with Crippen LogP contribution >= 0.6 is 0 Å². The molecule has 0 radical (unpaired) electrons. The average Bonchev–Trinajstić information content (AvgIpc) is 2.63. The first-order valence-electron chi connectivity index (χ1n) is 8.81. The third-order valence-corrected chi connectivity index (χ3v) is 4.14. The molecule has 138 valence electrons. The first kappa shape index (κ1) is 19.7. The van der Waals surface area contributed by atoms with Crippen LogP contribution in [-0.2, 0) is 9.59 Å². The molecule has 2 N–H and O–H groups in total. The Kier molecular flexibility index (Phi) is 7.36. The Balaban J connectivity index is 2.08.